The van der Waals surface area contributed by atoms with Crippen molar-refractivity contribution < 1.29 is 9.84 Å². The van der Waals surface area contributed by atoms with Crippen LogP contribution in [0.4, 0.5) is 0 Å². The highest BCUT2D eigenvalue weighted by molar-refractivity contribution is 4.88. The summed E-state index contributed by atoms with van der Waals surface area (Å²) in [5, 5.41) is 12.8. The highest BCUT2D eigenvalue weighted by Gasteiger charge is 2.38. The molecule has 0 atom stereocenters. The van der Waals surface area contributed by atoms with Gasteiger partial charge in [0.05, 0.1) is 25.2 Å². The summed E-state index contributed by atoms with van der Waals surface area (Å²) in [5.74, 6) is 0. The van der Waals surface area contributed by atoms with Crippen LogP contribution in [0.5, 0.6) is 0 Å². The molecule has 1 saturated heterocycles. The van der Waals surface area contributed by atoms with Crippen LogP contribution in [0.1, 0.15) is 32.1 Å². The molecule has 0 radical (unpaired) electrons. The molecule has 0 unspecified atom stereocenters. The monoisotopic (exact) mass is 199 g/mol. The fourth-order valence-electron chi connectivity index (χ4n) is 2.31. The lowest BCUT2D eigenvalue weighted by atomic mass is 9.86. The Morgan fingerprint density at radius 3 is 2.43 bits per heavy atom. The fraction of sp³-hybridized carbons (Fsp3) is 1.00. The molecule has 3 heteroatoms. The summed E-state index contributed by atoms with van der Waals surface area (Å²) in [6, 6.07) is 0.688. The van der Waals surface area contributed by atoms with E-state index >= 15 is 0 Å². The van der Waals surface area contributed by atoms with Crippen molar-refractivity contribution in [1.29, 1.82) is 0 Å². The number of aliphatic hydroxyl groups excluding tert-OH is 1. The highest BCUT2D eigenvalue weighted by Crippen LogP contribution is 2.26. The van der Waals surface area contributed by atoms with Gasteiger partial charge in [-0.1, -0.05) is 19.3 Å². The van der Waals surface area contributed by atoms with Crippen LogP contribution in [0.2, 0.25) is 0 Å². The van der Waals surface area contributed by atoms with Crippen molar-refractivity contribution >= 4 is 0 Å². The summed E-state index contributed by atoms with van der Waals surface area (Å²) in [6.07, 6.45) is 6.73. The molecule has 2 fully saturated rings. The van der Waals surface area contributed by atoms with Crippen molar-refractivity contribution in [2.24, 2.45) is 5.41 Å². The van der Waals surface area contributed by atoms with E-state index in [1.165, 1.54) is 32.1 Å². The van der Waals surface area contributed by atoms with Crippen LogP contribution in [0.3, 0.4) is 0 Å². The lowest BCUT2D eigenvalue weighted by Crippen LogP contribution is -2.54. The van der Waals surface area contributed by atoms with Crippen molar-refractivity contribution in [2.45, 2.75) is 38.1 Å². The third-order valence-electron chi connectivity index (χ3n) is 3.52. The first kappa shape index (κ1) is 10.4. The Hall–Kier alpha value is -0.120. The number of nitrogens with one attached hydrogen (secondary N) is 1. The molecule has 0 bridgehead atoms. The molecule has 2 N–H and O–H groups in total. The minimum atomic E-state index is 0.0391. The SMILES string of the molecule is OCC1(CNC2CCCCC2)COC1. The van der Waals surface area contributed by atoms with Crippen LogP contribution >= 0.6 is 0 Å². The van der Waals surface area contributed by atoms with Crippen LogP contribution in [-0.4, -0.2) is 37.5 Å². The minimum absolute atomic E-state index is 0.0391. The topological polar surface area (TPSA) is 41.5 Å². The van der Waals surface area contributed by atoms with Gasteiger partial charge in [-0.2, -0.15) is 0 Å². The summed E-state index contributed by atoms with van der Waals surface area (Å²) >= 11 is 0. The van der Waals surface area contributed by atoms with Gasteiger partial charge in [-0.15, -0.1) is 0 Å². The molecule has 0 spiro atoms. The first-order chi connectivity index (χ1) is 6.85. The molecule has 3 nitrogen and oxygen atoms in total. The van der Waals surface area contributed by atoms with Crippen LogP contribution < -0.4 is 5.32 Å². The molecule has 1 aliphatic carbocycles. The molecular formula is C11H21NO2. The van der Waals surface area contributed by atoms with Crippen molar-refractivity contribution in [2.75, 3.05) is 26.4 Å². The molecule has 14 heavy (non-hydrogen) atoms. The molecule has 1 aliphatic heterocycles. The van der Waals surface area contributed by atoms with E-state index in [-0.39, 0.29) is 12.0 Å². The maximum absolute atomic E-state index is 9.25. The van der Waals surface area contributed by atoms with Gasteiger partial charge in [0.15, 0.2) is 0 Å². The number of hydrogen-bond acceptors (Lipinski definition) is 3. The second-order valence-electron chi connectivity index (χ2n) is 4.87. The first-order valence-corrected chi connectivity index (χ1v) is 5.77. The van der Waals surface area contributed by atoms with Gasteiger partial charge in [-0.3, -0.25) is 0 Å². The van der Waals surface area contributed by atoms with E-state index in [0.717, 1.165) is 19.8 Å². The molecule has 2 aliphatic rings. The maximum atomic E-state index is 9.25. The lowest BCUT2D eigenvalue weighted by Gasteiger charge is -2.41. The summed E-state index contributed by atoms with van der Waals surface area (Å²) in [6.45, 7) is 2.63. The molecule has 2 rings (SSSR count). The standard InChI is InChI=1S/C11H21NO2/c13-7-11(8-14-9-11)6-12-10-4-2-1-3-5-10/h10,12-13H,1-9H2. The molecule has 0 aromatic carbocycles. The number of ether oxygens (including phenoxy) is 1. The number of aliphatic hydroxyl groups is 1. The average molecular weight is 199 g/mol. The number of rotatable bonds is 4. The Bertz CT molecular complexity index is 169. The van der Waals surface area contributed by atoms with E-state index in [9.17, 15) is 5.11 Å². The van der Waals surface area contributed by atoms with E-state index in [2.05, 4.69) is 5.32 Å². The average Bonchev–Trinajstić information content (AvgIpc) is 2.19. The first-order valence-electron chi connectivity index (χ1n) is 5.77. The molecule has 0 amide bonds. The largest absolute Gasteiger partial charge is 0.396 e. The second kappa shape index (κ2) is 4.60. The maximum Gasteiger partial charge on any atom is 0.0579 e. The molecule has 1 saturated carbocycles. The molecule has 1 heterocycles. The predicted octanol–water partition coefficient (Wildman–Crippen LogP) is 0.918. The zero-order valence-corrected chi connectivity index (χ0v) is 8.80. The fourth-order valence-corrected chi connectivity index (χ4v) is 2.31. The number of hydrogen-bond donors (Lipinski definition) is 2. The van der Waals surface area contributed by atoms with E-state index in [1.807, 2.05) is 0 Å². The van der Waals surface area contributed by atoms with Crippen LogP contribution in [-0.2, 0) is 4.74 Å². The Kier molecular flexibility index (Phi) is 3.42. The zero-order chi connectivity index (χ0) is 9.86. The van der Waals surface area contributed by atoms with Crippen molar-refractivity contribution in [1.82, 2.24) is 5.32 Å². The van der Waals surface area contributed by atoms with Gasteiger partial charge in [-0.25, -0.2) is 0 Å². The second-order valence-corrected chi connectivity index (χ2v) is 4.87. The Morgan fingerprint density at radius 1 is 1.21 bits per heavy atom. The van der Waals surface area contributed by atoms with Gasteiger partial charge >= 0.3 is 0 Å². The van der Waals surface area contributed by atoms with Gasteiger partial charge in [0.1, 0.15) is 0 Å². The van der Waals surface area contributed by atoms with E-state index in [4.69, 9.17) is 4.74 Å². The van der Waals surface area contributed by atoms with Gasteiger partial charge < -0.3 is 15.2 Å². The Balaban J connectivity index is 1.69. The van der Waals surface area contributed by atoms with Crippen LogP contribution in [0, 0.1) is 5.41 Å². The van der Waals surface area contributed by atoms with Gasteiger partial charge in [-0.05, 0) is 12.8 Å². The normalized spacial score (nSPS) is 27.2. The summed E-state index contributed by atoms with van der Waals surface area (Å²) in [4.78, 5) is 0. The smallest absolute Gasteiger partial charge is 0.0579 e. The Morgan fingerprint density at radius 2 is 1.93 bits per heavy atom. The van der Waals surface area contributed by atoms with E-state index in [0.29, 0.717) is 6.04 Å². The third-order valence-corrected chi connectivity index (χ3v) is 3.52. The van der Waals surface area contributed by atoms with E-state index in [1.54, 1.807) is 0 Å². The van der Waals surface area contributed by atoms with E-state index < -0.39 is 0 Å². The zero-order valence-electron chi connectivity index (χ0n) is 8.80. The lowest BCUT2D eigenvalue weighted by molar-refractivity contribution is -0.135. The third kappa shape index (κ3) is 2.27. The summed E-state index contributed by atoms with van der Waals surface area (Å²) < 4.78 is 5.17. The molecule has 0 aromatic rings. The molecular weight excluding hydrogens is 178 g/mol. The van der Waals surface area contributed by atoms with Gasteiger partial charge in [0, 0.05) is 12.6 Å². The molecule has 82 valence electrons. The molecule has 0 aromatic heterocycles. The highest BCUT2D eigenvalue weighted by atomic mass is 16.5. The van der Waals surface area contributed by atoms with Gasteiger partial charge in [0.25, 0.3) is 0 Å². The predicted molar refractivity (Wildman–Crippen MR) is 55.2 cm³/mol. The van der Waals surface area contributed by atoms with Crippen molar-refractivity contribution in [3.8, 4) is 0 Å². The van der Waals surface area contributed by atoms with Crippen LogP contribution in [0.15, 0.2) is 0 Å². The summed E-state index contributed by atoms with van der Waals surface area (Å²) in [5.41, 5.74) is 0.0391. The van der Waals surface area contributed by atoms with Crippen molar-refractivity contribution in [3.63, 3.8) is 0 Å². The van der Waals surface area contributed by atoms with Crippen molar-refractivity contribution in [3.05, 3.63) is 0 Å². The Labute approximate surface area is 85.8 Å². The van der Waals surface area contributed by atoms with Crippen LogP contribution in [0.25, 0.3) is 0 Å². The summed E-state index contributed by atoms with van der Waals surface area (Å²) in [7, 11) is 0. The quantitative estimate of drug-likeness (QED) is 0.707. The van der Waals surface area contributed by atoms with Gasteiger partial charge in [0.2, 0.25) is 0 Å². The minimum Gasteiger partial charge on any atom is -0.396 e.